The molecule has 0 spiro atoms. The quantitative estimate of drug-likeness (QED) is 0.861. The summed E-state index contributed by atoms with van der Waals surface area (Å²) in [4.78, 5) is 0. The number of benzene rings is 1. The molecule has 1 aromatic carbocycles. The van der Waals surface area contributed by atoms with Crippen LogP contribution >= 0.6 is 0 Å². The molecule has 1 aliphatic heterocycles. The molecule has 3 nitrogen and oxygen atoms in total. The molecule has 2 rings (SSSR count). The summed E-state index contributed by atoms with van der Waals surface area (Å²) in [5.74, 6) is -0.0772. The fourth-order valence-corrected chi connectivity index (χ4v) is 2.38. The van der Waals surface area contributed by atoms with E-state index in [1.807, 2.05) is 6.07 Å². The van der Waals surface area contributed by atoms with E-state index >= 15 is 0 Å². The van der Waals surface area contributed by atoms with Gasteiger partial charge in [-0.05, 0) is 56.5 Å². The Morgan fingerprint density at radius 2 is 2.11 bits per heavy atom. The van der Waals surface area contributed by atoms with Crippen LogP contribution in [-0.2, 0) is 6.42 Å². The van der Waals surface area contributed by atoms with Gasteiger partial charge in [-0.25, -0.2) is 4.39 Å². The van der Waals surface area contributed by atoms with Crippen molar-refractivity contribution < 1.29 is 14.2 Å². The Morgan fingerprint density at radius 3 is 2.72 bits per heavy atom. The van der Waals surface area contributed by atoms with E-state index in [2.05, 4.69) is 5.32 Å². The van der Waals surface area contributed by atoms with Crippen molar-refractivity contribution in [2.45, 2.75) is 31.3 Å². The summed E-state index contributed by atoms with van der Waals surface area (Å²) in [6, 6.07) is 4.98. The van der Waals surface area contributed by atoms with Crippen LogP contribution in [0.1, 0.15) is 24.8 Å². The molecule has 0 radical (unpaired) electrons. The lowest BCUT2D eigenvalue weighted by Gasteiger charge is -2.32. The molecular weight excluding hydrogens is 233 g/mol. The second kappa shape index (κ2) is 5.67. The van der Waals surface area contributed by atoms with Crippen molar-refractivity contribution in [3.05, 3.63) is 29.6 Å². The molecule has 0 bridgehead atoms. The van der Waals surface area contributed by atoms with Crippen molar-refractivity contribution in [2.24, 2.45) is 0 Å². The van der Waals surface area contributed by atoms with Crippen molar-refractivity contribution in [2.75, 3.05) is 20.2 Å². The maximum Gasteiger partial charge on any atom is 0.165 e. The van der Waals surface area contributed by atoms with E-state index in [-0.39, 0.29) is 11.6 Å². The molecule has 0 saturated carbocycles. The molecule has 0 unspecified atom stereocenters. The van der Waals surface area contributed by atoms with Gasteiger partial charge in [-0.1, -0.05) is 6.07 Å². The molecule has 100 valence electrons. The highest BCUT2D eigenvalue weighted by molar-refractivity contribution is 5.29. The Morgan fingerprint density at radius 1 is 1.39 bits per heavy atom. The predicted molar refractivity (Wildman–Crippen MR) is 68.3 cm³/mol. The zero-order valence-corrected chi connectivity index (χ0v) is 10.7. The average molecular weight is 253 g/mol. The molecule has 0 aromatic heterocycles. The van der Waals surface area contributed by atoms with Crippen molar-refractivity contribution in [3.8, 4) is 5.75 Å². The van der Waals surface area contributed by atoms with E-state index in [1.165, 1.54) is 13.2 Å². The first-order chi connectivity index (χ1) is 8.63. The minimum absolute atomic E-state index is 0.263. The largest absolute Gasteiger partial charge is 0.494 e. The first-order valence-electron chi connectivity index (χ1n) is 6.38. The first kappa shape index (κ1) is 13.3. The van der Waals surface area contributed by atoms with Gasteiger partial charge in [0.15, 0.2) is 11.6 Å². The van der Waals surface area contributed by atoms with Crippen LogP contribution < -0.4 is 10.1 Å². The highest BCUT2D eigenvalue weighted by Crippen LogP contribution is 2.25. The summed E-state index contributed by atoms with van der Waals surface area (Å²) >= 11 is 0. The number of halogens is 1. The van der Waals surface area contributed by atoms with Crippen LogP contribution in [0.2, 0.25) is 0 Å². The SMILES string of the molecule is COc1ccc(CCC2(O)CCNCC2)cc1F. The normalized spacial score (nSPS) is 18.6. The minimum Gasteiger partial charge on any atom is -0.494 e. The minimum atomic E-state index is -0.596. The standard InChI is InChI=1S/C14H20FNO2/c1-18-13-3-2-11(10-12(13)15)4-5-14(17)6-8-16-9-7-14/h2-3,10,16-17H,4-9H2,1H3. The van der Waals surface area contributed by atoms with Gasteiger partial charge in [0, 0.05) is 0 Å². The number of ether oxygens (including phenoxy) is 1. The second-order valence-electron chi connectivity index (χ2n) is 4.94. The van der Waals surface area contributed by atoms with Crippen molar-refractivity contribution >= 4 is 0 Å². The van der Waals surface area contributed by atoms with Crippen molar-refractivity contribution in [3.63, 3.8) is 0 Å². The fraction of sp³-hybridized carbons (Fsp3) is 0.571. The van der Waals surface area contributed by atoms with Gasteiger partial charge in [-0.2, -0.15) is 0 Å². The summed E-state index contributed by atoms with van der Waals surface area (Å²) in [5, 5.41) is 13.6. The monoisotopic (exact) mass is 253 g/mol. The van der Waals surface area contributed by atoms with Crippen LogP contribution in [-0.4, -0.2) is 30.9 Å². The van der Waals surface area contributed by atoms with E-state index in [0.29, 0.717) is 12.8 Å². The molecule has 4 heteroatoms. The molecule has 2 N–H and O–H groups in total. The molecule has 1 saturated heterocycles. The molecular formula is C14H20FNO2. The lowest BCUT2D eigenvalue weighted by molar-refractivity contribution is 0.00280. The summed E-state index contributed by atoms with van der Waals surface area (Å²) in [6.07, 6.45) is 2.91. The molecule has 0 aliphatic carbocycles. The lowest BCUT2D eigenvalue weighted by atomic mass is 9.86. The van der Waals surface area contributed by atoms with Crippen molar-refractivity contribution in [1.82, 2.24) is 5.32 Å². The zero-order chi connectivity index (χ0) is 13.0. The van der Waals surface area contributed by atoms with Gasteiger partial charge >= 0.3 is 0 Å². The van der Waals surface area contributed by atoms with Gasteiger partial charge in [0.05, 0.1) is 12.7 Å². The lowest BCUT2D eigenvalue weighted by Crippen LogP contribution is -2.42. The van der Waals surface area contributed by atoms with Gasteiger partial charge in [-0.3, -0.25) is 0 Å². The maximum atomic E-state index is 13.5. The summed E-state index contributed by atoms with van der Waals surface area (Å²) in [7, 11) is 1.45. The molecule has 0 amide bonds. The third-order valence-corrected chi connectivity index (χ3v) is 3.63. The van der Waals surface area contributed by atoms with Gasteiger partial charge in [-0.15, -0.1) is 0 Å². The second-order valence-corrected chi connectivity index (χ2v) is 4.94. The Balaban J connectivity index is 1.95. The van der Waals surface area contributed by atoms with E-state index in [0.717, 1.165) is 31.5 Å². The Labute approximate surface area is 107 Å². The van der Waals surface area contributed by atoms with Gasteiger partial charge < -0.3 is 15.2 Å². The third-order valence-electron chi connectivity index (χ3n) is 3.63. The van der Waals surface area contributed by atoms with Gasteiger partial charge in [0.1, 0.15) is 0 Å². The summed E-state index contributed by atoms with van der Waals surface area (Å²) in [6.45, 7) is 1.71. The molecule has 1 aromatic rings. The number of hydrogen-bond acceptors (Lipinski definition) is 3. The Kier molecular flexibility index (Phi) is 4.19. The molecule has 18 heavy (non-hydrogen) atoms. The first-order valence-corrected chi connectivity index (χ1v) is 6.38. The number of nitrogens with one attached hydrogen (secondary N) is 1. The molecule has 1 fully saturated rings. The number of rotatable bonds is 4. The Hall–Kier alpha value is -1.13. The van der Waals surface area contributed by atoms with E-state index in [1.54, 1.807) is 6.07 Å². The van der Waals surface area contributed by atoms with E-state index in [9.17, 15) is 9.50 Å². The third kappa shape index (κ3) is 3.21. The van der Waals surface area contributed by atoms with Crippen LogP contribution in [0, 0.1) is 5.82 Å². The smallest absolute Gasteiger partial charge is 0.165 e. The number of methoxy groups -OCH3 is 1. The molecule has 0 atom stereocenters. The fourth-order valence-electron chi connectivity index (χ4n) is 2.38. The number of piperidine rings is 1. The number of aryl methyl sites for hydroxylation is 1. The van der Waals surface area contributed by atoms with Crippen molar-refractivity contribution in [1.29, 1.82) is 0 Å². The van der Waals surface area contributed by atoms with Crippen LogP contribution in [0.25, 0.3) is 0 Å². The van der Waals surface area contributed by atoms with Gasteiger partial charge in [0.25, 0.3) is 0 Å². The van der Waals surface area contributed by atoms with Gasteiger partial charge in [0.2, 0.25) is 0 Å². The summed E-state index contributed by atoms with van der Waals surface area (Å²) < 4.78 is 18.4. The van der Waals surface area contributed by atoms with Crippen LogP contribution in [0.15, 0.2) is 18.2 Å². The summed E-state index contributed by atoms with van der Waals surface area (Å²) in [5.41, 5.74) is 0.307. The number of hydrogen-bond donors (Lipinski definition) is 2. The van der Waals surface area contributed by atoms with E-state index < -0.39 is 5.60 Å². The van der Waals surface area contributed by atoms with Crippen LogP contribution in [0.4, 0.5) is 4.39 Å². The average Bonchev–Trinajstić information content (AvgIpc) is 2.38. The topological polar surface area (TPSA) is 41.5 Å². The maximum absolute atomic E-state index is 13.5. The predicted octanol–water partition coefficient (Wildman–Crippen LogP) is 1.88. The zero-order valence-electron chi connectivity index (χ0n) is 10.7. The van der Waals surface area contributed by atoms with E-state index in [4.69, 9.17) is 4.74 Å². The molecule has 1 heterocycles. The highest BCUT2D eigenvalue weighted by atomic mass is 19.1. The highest BCUT2D eigenvalue weighted by Gasteiger charge is 2.28. The molecule has 1 aliphatic rings. The van der Waals surface area contributed by atoms with Crippen LogP contribution in [0.5, 0.6) is 5.75 Å². The van der Waals surface area contributed by atoms with Crippen LogP contribution in [0.3, 0.4) is 0 Å². The number of aliphatic hydroxyl groups is 1. The Bertz CT molecular complexity index is 403.